The van der Waals surface area contributed by atoms with Crippen LogP contribution in [-0.2, 0) is 11.3 Å². The molecule has 112 valence electrons. The Kier molecular flexibility index (Phi) is 5.61. The second kappa shape index (κ2) is 7.45. The molecule has 2 rings (SSSR count). The molecule has 0 spiro atoms. The average Bonchev–Trinajstić information content (AvgIpc) is 2.98. The molecule has 2 N–H and O–H groups in total. The summed E-state index contributed by atoms with van der Waals surface area (Å²) in [5.74, 6) is 1.61. The van der Waals surface area contributed by atoms with Gasteiger partial charge in [-0.1, -0.05) is 0 Å². The highest BCUT2D eigenvalue weighted by Gasteiger charge is 2.26. The van der Waals surface area contributed by atoms with Gasteiger partial charge in [-0.2, -0.15) is 0 Å². The monoisotopic (exact) mass is 279 g/mol. The first kappa shape index (κ1) is 15.1. The fraction of sp³-hybridized carbons (Fsp3) is 0.667. The molecule has 1 unspecified atom stereocenters. The third kappa shape index (κ3) is 4.08. The van der Waals surface area contributed by atoms with Crippen molar-refractivity contribution in [3.05, 3.63) is 24.2 Å². The van der Waals surface area contributed by atoms with Crippen molar-refractivity contribution in [2.45, 2.75) is 32.4 Å². The van der Waals surface area contributed by atoms with E-state index in [4.69, 9.17) is 4.42 Å². The van der Waals surface area contributed by atoms with Crippen LogP contribution < -0.4 is 10.6 Å². The van der Waals surface area contributed by atoms with E-state index in [-0.39, 0.29) is 11.9 Å². The summed E-state index contributed by atoms with van der Waals surface area (Å²) in [6.07, 6.45) is 3.95. The van der Waals surface area contributed by atoms with Gasteiger partial charge in [-0.15, -0.1) is 0 Å². The van der Waals surface area contributed by atoms with Crippen molar-refractivity contribution < 1.29 is 9.21 Å². The van der Waals surface area contributed by atoms with Crippen LogP contribution in [0.15, 0.2) is 22.8 Å². The maximum Gasteiger partial charge on any atom is 0.237 e. The van der Waals surface area contributed by atoms with E-state index in [2.05, 4.69) is 15.5 Å². The Hall–Kier alpha value is -1.33. The van der Waals surface area contributed by atoms with Gasteiger partial charge in [0.2, 0.25) is 5.91 Å². The highest BCUT2D eigenvalue weighted by atomic mass is 16.3. The summed E-state index contributed by atoms with van der Waals surface area (Å²) in [4.78, 5) is 14.4. The van der Waals surface area contributed by atoms with Crippen LogP contribution in [0.1, 0.15) is 25.5 Å². The number of amides is 1. The molecule has 5 nitrogen and oxygen atoms in total. The SMILES string of the molecule is CNCC1CCN(C(C)C(=O)NCc2ccco2)CC1. The maximum atomic E-state index is 12.1. The summed E-state index contributed by atoms with van der Waals surface area (Å²) in [6.45, 7) is 5.53. The lowest BCUT2D eigenvalue weighted by molar-refractivity contribution is -0.126. The highest BCUT2D eigenvalue weighted by molar-refractivity contribution is 5.81. The lowest BCUT2D eigenvalue weighted by atomic mass is 9.96. The minimum absolute atomic E-state index is 0.0690. The summed E-state index contributed by atoms with van der Waals surface area (Å²) < 4.78 is 5.21. The second-order valence-corrected chi connectivity index (χ2v) is 5.51. The number of nitrogens with zero attached hydrogens (tertiary/aromatic N) is 1. The summed E-state index contributed by atoms with van der Waals surface area (Å²) >= 11 is 0. The maximum absolute atomic E-state index is 12.1. The predicted molar refractivity (Wildman–Crippen MR) is 78.2 cm³/mol. The average molecular weight is 279 g/mol. The third-order valence-corrected chi connectivity index (χ3v) is 4.09. The van der Waals surface area contributed by atoms with Crippen LogP contribution in [0.5, 0.6) is 0 Å². The summed E-state index contributed by atoms with van der Waals surface area (Å²) in [5.41, 5.74) is 0. The number of nitrogens with one attached hydrogen (secondary N) is 2. The molecule has 1 aromatic heterocycles. The number of likely N-dealkylation sites (tertiary alicyclic amines) is 1. The predicted octanol–water partition coefficient (Wildman–Crippen LogP) is 1.22. The summed E-state index contributed by atoms with van der Waals surface area (Å²) in [7, 11) is 2.00. The molecule has 0 aliphatic carbocycles. The largest absolute Gasteiger partial charge is 0.467 e. The van der Waals surface area contributed by atoms with E-state index >= 15 is 0 Å². The van der Waals surface area contributed by atoms with Gasteiger partial charge in [-0.05, 0) is 64.5 Å². The smallest absolute Gasteiger partial charge is 0.237 e. The lowest BCUT2D eigenvalue weighted by Gasteiger charge is -2.35. The van der Waals surface area contributed by atoms with Crippen molar-refractivity contribution in [1.82, 2.24) is 15.5 Å². The number of hydrogen-bond acceptors (Lipinski definition) is 4. The van der Waals surface area contributed by atoms with Crippen LogP contribution >= 0.6 is 0 Å². The molecule has 0 bridgehead atoms. The Morgan fingerprint density at radius 1 is 1.50 bits per heavy atom. The third-order valence-electron chi connectivity index (χ3n) is 4.09. The minimum Gasteiger partial charge on any atom is -0.467 e. The van der Waals surface area contributed by atoms with Gasteiger partial charge in [0.1, 0.15) is 5.76 Å². The van der Waals surface area contributed by atoms with E-state index in [1.54, 1.807) is 6.26 Å². The Labute approximate surface area is 120 Å². The van der Waals surface area contributed by atoms with Gasteiger partial charge in [-0.3, -0.25) is 9.69 Å². The first-order valence-electron chi connectivity index (χ1n) is 7.39. The van der Waals surface area contributed by atoms with E-state index in [1.165, 1.54) is 0 Å². The van der Waals surface area contributed by atoms with E-state index in [9.17, 15) is 4.79 Å². The number of rotatable bonds is 6. The molecule has 1 fully saturated rings. The lowest BCUT2D eigenvalue weighted by Crippen LogP contribution is -2.48. The van der Waals surface area contributed by atoms with Crippen LogP contribution in [0, 0.1) is 5.92 Å². The number of hydrogen-bond donors (Lipinski definition) is 2. The molecule has 2 heterocycles. The summed E-state index contributed by atoms with van der Waals surface area (Å²) in [6, 6.07) is 3.63. The number of piperidine rings is 1. The van der Waals surface area contributed by atoms with E-state index < -0.39 is 0 Å². The zero-order valence-electron chi connectivity index (χ0n) is 12.4. The molecular weight excluding hydrogens is 254 g/mol. The number of furan rings is 1. The Bertz CT molecular complexity index is 397. The van der Waals surface area contributed by atoms with E-state index in [0.717, 1.165) is 44.2 Å². The fourth-order valence-corrected chi connectivity index (χ4v) is 2.73. The van der Waals surface area contributed by atoms with Crippen molar-refractivity contribution in [1.29, 1.82) is 0 Å². The fourth-order valence-electron chi connectivity index (χ4n) is 2.73. The molecule has 1 atom stereocenters. The molecular formula is C15H25N3O2. The normalized spacial score (nSPS) is 18.9. The van der Waals surface area contributed by atoms with Crippen LogP contribution in [0.4, 0.5) is 0 Å². The molecule has 1 amide bonds. The Morgan fingerprint density at radius 2 is 2.25 bits per heavy atom. The minimum atomic E-state index is -0.0690. The van der Waals surface area contributed by atoms with Gasteiger partial charge in [0.05, 0.1) is 18.8 Å². The summed E-state index contributed by atoms with van der Waals surface area (Å²) in [5, 5.41) is 6.16. The first-order chi connectivity index (χ1) is 9.70. The molecule has 1 aliphatic rings. The van der Waals surface area contributed by atoms with Crippen LogP contribution in [0.3, 0.4) is 0 Å². The molecule has 0 radical (unpaired) electrons. The van der Waals surface area contributed by atoms with E-state index in [1.807, 2.05) is 26.1 Å². The highest BCUT2D eigenvalue weighted by Crippen LogP contribution is 2.18. The van der Waals surface area contributed by atoms with Crippen molar-refractivity contribution in [2.75, 3.05) is 26.7 Å². The van der Waals surface area contributed by atoms with Gasteiger partial charge < -0.3 is 15.1 Å². The molecule has 1 aromatic rings. The van der Waals surface area contributed by atoms with Crippen LogP contribution in [-0.4, -0.2) is 43.5 Å². The second-order valence-electron chi connectivity index (χ2n) is 5.51. The van der Waals surface area contributed by atoms with Crippen molar-refractivity contribution in [3.63, 3.8) is 0 Å². The van der Waals surface area contributed by atoms with Gasteiger partial charge in [0, 0.05) is 0 Å². The Balaban J connectivity index is 1.73. The van der Waals surface area contributed by atoms with Gasteiger partial charge >= 0.3 is 0 Å². The standard InChI is InChI=1S/C15H25N3O2/c1-12(15(19)17-11-14-4-3-9-20-14)18-7-5-13(6-8-18)10-16-2/h3-4,9,12-13,16H,5-8,10-11H2,1-2H3,(H,17,19). The molecule has 5 heteroatoms. The molecule has 20 heavy (non-hydrogen) atoms. The van der Waals surface area contributed by atoms with Gasteiger partial charge in [0.15, 0.2) is 0 Å². The number of carbonyl (C=O) groups is 1. The van der Waals surface area contributed by atoms with Gasteiger partial charge in [0.25, 0.3) is 0 Å². The molecule has 0 saturated carbocycles. The van der Waals surface area contributed by atoms with Crippen molar-refractivity contribution in [3.8, 4) is 0 Å². The molecule has 1 saturated heterocycles. The van der Waals surface area contributed by atoms with Crippen molar-refractivity contribution >= 4 is 5.91 Å². The first-order valence-corrected chi connectivity index (χ1v) is 7.39. The zero-order chi connectivity index (χ0) is 14.4. The van der Waals surface area contributed by atoms with Crippen LogP contribution in [0.2, 0.25) is 0 Å². The van der Waals surface area contributed by atoms with E-state index in [0.29, 0.717) is 6.54 Å². The Morgan fingerprint density at radius 3 is 2.85 bits per heavy atom. The van der Waals surface area contributed by atoms with Gasteiger partial charge in [-0.25, -0.2) is 0 Å². The quantitative estimate of drug-likeness (QED) is 0.822. The topological polar surface area (TPSA) is 57.5 Å². The van der Waals surface area contributed by atoms with Crippen molar-refractivity contribution in [2.24, 2.45) is 5.92 Å². The van der Waals surface area contributed by atoms with Crippen LogP contribution in [0.25, 0.3) is 0 Å². The molecule has 1 aliphatic heterocycles. The number of carbonyl (C=O) groups excluding carboxylic acids is 1. The molecule has 0 aromatic carbocycles. The zero-order valence-corrected chi connectivity index (χ0v) is 12.4.